The normalized spacial score (nSPS) is 35.7. The third-order valence-corrected chi connectivity index (χ3v) is 3.82. The molecule has 0 aromatic carbocycles. The highest BCUT2D eigenvalue weighted by molar-refractivity contribution is 5.69. The fourth-order valence-corrected chi connectivity index (χ4v) is 3.19. The van der Waals surface area contributed by atoms with Crippen molar-refractivity contribution in [3.63, 3.8) is 0 Å². The van der Waals surface area contributed by atoms with Crippen molar-refractivity contribution in [1.29, 1.82) is 0 Å². The number of amides is 1. The molecule has 0 saturated heterocycles. The molecule has 0 aromatic heterocycles. The van der Waals surface area contributed by atoms with Gasteiger partial charge < -0.3 is 14.8 Å². The van der Waals surface area contributed by atoms with E-state index in [9.17, 15) is 9.59 Å². The lowest BCUT2D eigenvalue weighted by Crippen LogP contribution is -2.46. The summed E-state index contributed by atoms with van der Waals surface area (Å²) in [5.41, 5.74) is -0.488. The molecule has 4 atom stereocenters. The molecular formula is C13H21NO3. The van der Waals surface area contributed by atoms with Crippen molar-refractivity contribution in [2.75, 3.05) is 0 Å². The Bertz CT molecular complexity index is 321. The Labute approximate surface area is 102 Å². The van der Waals surface area contributed by atoms with E-state index in [0.717, 1.165) is 25.5 Å². The van der Waals surface area contributed by atoms with Crippen LogP contribution >= 0.6 is 0 Å². The number of fused-ring (bicyclic) bond motifs is 2. The third kappa shape index (κ3) is 2.61. The quantitative estimate of drug-likeness (QED) is 0.751. The molecule has 2 aliphatic rings. The van der Waals surface area contributed by atoms with Gasteiger partial charge in [-0.05, 0) is 51.9 Å². The molecule has 0 spiro atoms. The van der Waals surface area contributed by atoms with Crippen LogP contribution in [0.4, 0.5) is 4.79 Å². The minimum absolute atomic E-state index is 0.0127. The van der Waals surface area contributed by atoms with Crippen molar-refractivity contribution in [3.8, 4) is 0 Å². The van der Waals surface area contributed by atoms with E-state index in [2.05, 4.69) is 5.32 Å². The van der Waals surface area contributed by atoms with Crippen LogP contribution in [0.3, 0.4) is 0 Å². The van der Waals surface area contributed by atoms with Gasteiger partial charge >= 0.3 is 6.09 Å². The zero-order valence-corrected chi connectivity index (χ0v) is 10.7. The van der Waals surface area contributed by atoms with Crippen LogP contribution in [0.15, 0.2) is 0 Å². The molecule has 1 amide bonds. The fraction of sp³-hybridized carbons (Fsp3) is 0.846. The summed E-state index contributed by atoms with van der Waals surface area (Å²) in [4.78, 5) is 22.8. The SMILES string of the molecule is CC(C)(C)OC(=O)NC1C2CCC(C2)C1C=O. The lowest BCUT2D eigenvalue weighted by molar-refractivity contribution is -0.113. The van der Waals surface area contributed by atoms with Crippen LogP contribution < -0.4 is 5.32 Å². The highest BCUT2D eigenvalue weighted by Crippen LogP contribution is 2.47. The summed E-state index contributed by atoms with van der Waals surface area (Å²) < 4.78 is 5.23. The van der Waals surface area contributed by atoms with Gasteiger partial charge in [-0.15, -0.1) is 0 Å². The second kappa shape index (κ2) is 4.31. The number of carbonyl (C=O) groups is 2. The molecule has 0 aromatic rings. The first-order chi connectivity index (χ1) is 7.90. The van der Waals surface area contributed by atoms with Crippen LogP contribution in [-0.2, 0) is 9.53 Å². The van der Waals surface area contributed by atoms with Crippen LogP contribution in [0, 0.1) is 17.8 Å². The Morgan fingerprint density at radius 1 is 1.29 bits per heavy atom. The van der Waals surface area contributed by atoms with E-state index in [4.69, 9.17) is 4.74 Å². The summed E-state index contributed by atoms with van der Waals surface area (Å²) in [6, 6.07) is -0.0129. The number of aldehydes is 1. The topological polar surface area (TPSA) is 55.4 Å². The molecule has 4 unspecified atom stereocenters. The Hall–Kier alpha value is -1.06. The van der Waals surface area contributed by atoms with Crippen LogP contribution in [-0.4, -0.2) is 24.0 Å². The average Bonchev–Trinajstić information content (AvgIpc) is 2.74. The van der Waals surface area contributed by atoms with E-state index in [-0.39, 0.29) is 12.0 Å². The van der Waals surface area contributed by atoms with Gasteiger partial charge in [0, 0.05) is 12.0 Å². The number of rotatable bonds is 2. The summed E-state index contributed by atoms with van der Waals surface area (Å²) in [6.45, 7) is 5.51. The van der Waals surface area contributed by atoms with E-state index < -0.39 is 11.7 Å². The number of carbonyl (C=O) groups excluding carboxylic acids is 2. The van der Waals surface area contributed by atoms with Crippen LogP contribution in [0.5, 0.6) is 0 Å². The predicted octanol–water partition coefficient (Wildman–Crippen LogP) is 2.12. The Morgan fingerprint density at radius 2 is 1.94 bits per heavy atom. The minimum Gasteiger partial charge on any atom is -0.444 e. The lowest BCUT2D eigenvalue weighted by atomic mass is 9.85. The monoisotopic (exact) mass is 239 g/mol. The smallest absolute Gasteiger partial charge is 0.407 e. The maximum atomic E-state index is 11.7. The summed E-state index contributed by atoms with van der Waals surface area (Å²) in [5.74, 6) is 0.918. The molecule has 0 heterocycles. The lowest BCUT2D eigenvalue weighted by Gasteiger charge is -2.29. The molecule has 0 radical (unpaired) electrons. The van der Waals surface area contributed by atoms with Gasteiger partial charge in [-0.25, -0.2) is 4.79 Å². The molecule has 96 valence electrons. The highest BCUT2D eigenvalue weighted by atomic mass is 16.6. The molecule has 2 saturated carbocycles. The van der Waals surface area contributed by atoms with Crippen LogP contribution in [0.25, 0.3) is 0 Å². The first-order valence-corrected chi connectivity index (χ1v) is 6.35. The van der Waals surface area contributed by atoms with E-state index in [0.29, 0.717) is 11.8 Å². The van der Waals surface area contributed by atoms with Gasteiger partial charge in [0.05, 0.1) is 0 Å². The van der Waals surface area contributed by atoms with E-state index >= 15 is 0 Å². The Kier molecular flexibility index (Phi) is 3.15. The van der Waals surface area contributed by atoms with Gasteiger partial charge in [0.25, 0.3) is 0 Å². The summed E-state index contributed by atoms with van der Waals surface area (Å²) in [6.07, 6.45) is 3.92. The summed E-state index contributed by atoms with van der Waals surface area (Å²) >= 11 is 0. The largest absolute Gasteiger partial charge is 0.444 e. The van der Waals surface area contributed by atoms with Crippen molar-refractivity contribution < 1.29 is 14.3 Å². The standard InChI is InChI=1S/C13H21NO3/c1-13(2,3)17-12(16)14-11-9-5-4-8(6-9)10(11)7-15/h7-11H,4-6H2,1-3H3,(H,14,16). The van der Waals surface area contributed by atoms with Crippen molar-refractivity contribution in [1.82, 2.24) is 5.32 Å². The molecule has 0 aliphatic heterocycles. The van der Waals surface area contributed by atoms with Gasteiger partial charge in [-0.3, -0.25) is 0 Å². The van der Waals surface area contributed by atoms with Gasteiger partial charge in [-0.1, -0.05) is 0 Å². The average molecular weight is 239 g/mol. The van der Waals surface area contributed by atoms with E-state index in [1.54, 1.807) is 0 Å². The van der Waals surface area contributed by atoms with Crippen molar-refractivity contribution in [3.05, 3.63) is 0 Å². The number of alkyl carbamates (subject to hydrolysis) is 1. The Balaban J connectivity index is 1.94. The van der Waals surface area contributed by atoms with Crippen molar-refractivity contribution >= 4 is 12.4 Å². The molecule has 2 aliphatic carbocycles. The third-order valence-electron chi connectivity index (χ3n) is 3.82. The van der Waals surface area contributed by atoms with Crippen LogP contribution in [0.1, 0.15) is 40.0 Å². The highest BCUT2D eigenvalue weighted by Gasteiger charge is 2.48. The minimum atomic E-state index is -0.488. The molecule has 4 nitrogen and oxygen atoms in total. The second-order valence-corrected chi connectivity index (χ2v) is 6.22. The van der Waals surface area contributed by atoms with Gasteiger partial charge in [-0.2, -0.15) is 0 Å². The number of ether oxygens (including phenoxy) is 1. The predicted molar refractivity (Wildman–Crippen MR) is 63.5 cm³/mol. The van der Waals surface area contributed by atoms with Crippen molar-refractivity contribution in [2.24, 2.45) is 17.8 Å². The maximum Gasteiger partial charge on any atom is 0.407 e. The summed E-state index contributed by atoms with van der Waals surface area (Å²) in [5, 5.41) is 2.88. The van der Waals surface area contributed by atoms with E-state index in [1.165, 1.54) is 0 Å². The van der Waals surface area contributed by atoms with Crippen LogP contribution in [0.2, 0.25) is 0 Å². The summed E-state index contributed by atoms with van der Waals surface area (Å²) in [7, 11) is 0. The molecule has 2 fully saturated rings. The zero-order chi connectivity index (χ0) is 12.6. The van der Waals surface area contributed by atoms with E-state index in [1.807, 2.05) is 20.8 Å². The molecule has 2 bridgehead atoms. The molecule has 1 N–H and O–H groups in total. The number of hydrogen-bond acceptors (Lipinski definition) is 3. The first kappa shape index (κ1) is 12.4. The van der Waals surface area contributed by atoms with Crippen molar-refractivity contribution in [2.45, 2.75) is 51.7 Å². The van der Waals surface area contributed by atoms with Gasteiger partial charge in [0.15, 0.2) is 0 Å². The molecule has 2 rings (SSSR count). The molecule has 17 heavy (non-hydrogen) atoms. The second-order valence-electron chi connectivity index (χ2n) is 6.22. The fourth-order valence-electron chi connectivity index (χ4n) is 3.19. The Morgan fingerprint density at radius 3 is 2.53 bits per heavy atom. The number of nitrogens with one attached hydrogen (secondary N) is 1. The van der Waals surface area contributed by atoms with Gasteiger partial charge in [0.2, 0.25) is 0 Å². The van der Waals surface area contributed by atoms with Gasteiger partial charge in [0.1, 0.15) is 11.9 Å². The molecule has 4 heteroatoms. The first-order valence-electron chi connectivity index (χ1n) is 6.35. The molecular weight excluding hydrogens is 218 g/mol. The zero-order valence-electron chi connectivity index (χ0n) is 10.7. The number of hydrogen-bond donors (Lipinski definition) is 1. The maximum absolute atomic E-state index is 11.7.